The fourth-order valence-corrected chi connectivity index (χ4v) is 3.82. The average molecular weight is 445 g/mol. The second-order valence-corrected chi connectivity index (χ2v) is 7.74. The Bertz CT molecular complexity index is 1320. The molecule has 0 spiro atoms. The monoisotopic (exact) mass is 445 g/mol. The number of nitrogens with one attached hydrogen (secondary N) is 2. The van der Waals surface area contributed by atoms with Crippen LogP contribution in [0.15, 0.2) is 53.8 Å². The maximum absolute atomic E-state index is 12.6. The van der Waals surface area contributed by atoms with E-state index in [1.807, 2.05) is 24.3 Å². The van der Waals surface area contributed by atoms with E-state index in [-0.39, 0.29) is 17.7 Å². The third-order valence-corrected chi connectivity index (χ3v) is 5.44. The molecular weight excluding hydrogens is 422 g/mol. The predicted octanol–water partition coefficient (Wildman–Crippen LogP) is 2.75. The van der Waals surface area contributed by atoms with Crippen molar-refractivity contribution in [3.63, 3.8) is 0 Å². The van der Waals surface area contributed by atoms with E-state index in [1.54, 1.807) is 24.8 Å². The maximum atomic E-state index is 12.6. The van der Waals surface area contributed by atoms with E-state index >= 15 is 0 Å². The SMILES string of the molecule is COc1ncc(-c2cc3cc[nH]c(=O)c3c(Nc3ccc(N4CCO[C@H](C)C4)nc3)n2)cn1. The lowest BCUT2D eigenvalue weighted by molar-refractivity contribution is 0.0529. The fourth-order valence-electron chi connectivity index (χ4n) is 3.82. The summed E-state index contributed by atoms with van der Waals surface area (Å²) in [5, 5.41) is 4.46. The van der Waals surface area contributed by atoms with Gasteiger partial charge in [-0.2, -0.15) is 0 Å². The van der Waals surface area contributed by atoms with E-state index in [0.29, 0.717) is 29.1 Å². The number of anilines is 3. The first kappa shape index (κ1) is 20.8. The molecule has 1 atom stereocenters. The van der Waals surface area contributed by atoms with E-state index < -0.39 is 0 Å². The highest BCUT2D eigenvalue weighted by atomic mass is 16.5. The summed E-state index contributed by atoms with van der Waals surface area (Å²) >= 11 is 0. The quantitative estimate of drug-likeness (QED) is 0.478. The zero-order valence-electron chi connectivity index (χ0n) is 18.3. The molecule has 0 radical (unpaired) electrons. The summed E-state index contributed by atoms with van der Waals surface area (Å²) in [4.78, 5) is 35.1. The van der Waals surface area contributed by atoms with Gasteiger partial charge in [-0.15, -0.1) is 0 Å². The molecule has 10 nitrogen and oxygen atoms in total. The zero-order valence-corrected chi connectivity index (χ0v) is 18.3. The molecule has 5 rings (SSSR count). The van der Waals surface area contributed by atoms with Crippen molar-refractivity contribution < 1.29 is 9.47 Å². The van der Waals surface area contributed by atoms with Crippen LogP contribution in [-0.4, -0.2) is 57.8 Å². The third kappa shape index (κ3) is 4.33. The molecule has 5 heterocycles. The van der Waals surface area contributed by atoms with Crippen molar-refractivity contribution in [2.24, 2.45) is 0 Å². The highest BCUT2D eigenvalue weighted by molar-refractivity contribution is 5.95. The van der Waals surface area contributed by atoms with E-state index in [2.05, 4.69) is 37.1 Å². The van der Waals surface area contributed by atoms with Crippen LogP contribution in [0.3, 0.4) is 0 Å². The van der Waals surface area contributed by atoms with Crippen LogP contribution in [0.1, 0.15) is 6.92 Å². The number of aromatic nitrogens is 5. The molecule has 1 aliphatic heterocycles. The largest absolute Gasteiger partial charge is 0.467 e. The number of methoxy groups -OCH3 is 1. The first-order valence-corrected chi connectivity index (χ1v) is 10.6. The molecule has 1 fully saturated rings. The first-order chi connectivity index (χ1) is 16.1. The van der Waals surface area contributed by atoms with Crippen LogP contribution in [0.25, 0.3) is 22.0 Å². The topological polar surface area (TPSA) is 118 Å². The minimum absolute atomic E-state index is 0.172. The van der Waals surface area contributed by atoms with Crippen LogP contribution in [0.2, 0.25) is 0 Å². The molecule has 0 bridgehead atoms. The van der Waals surface area contributed by atoms with Gasteiger partial charge in [0.15, 0.2) is 0 Å². The lowest BCUT2D eigenvalue weighted by atomic mass is 10.1. The second-order valence-electron chi connectivity index (χ2n) is 7.74. The number of hydrogen-bond acceptors (Lipinski definition) is 9. The van der Waals surface area contributed by atoms with E-state index in [0.717, 1.165) is 30.0 Å². The van der Waals surface area contributed by atoms with Crippen molar-refractivity contribution >= 4 is 28.1 Å². The molecule has 33 heavy (non-hydrogen) atoms. The van der Waals surface area contributed by atoms with Crippen molar-refractivity contribution in [1.82, 2.24) is 24.9 Å². The molecule has 2 N–H and O–H groups in total. The summed E-state index contributed by atoms with van der Waals surface area (Å²) in [5.74, 6) is 1.31. The summed E-state index contributed by atoms with van der Waals surface area (Å²) in [6.07, 6.45) is 6.80. The minimum Gasteiger partial charge on any atom is -0.467 e. The second kappa shape index (κ2) is 8.83. The van der Waals surface area contributed by atoms with Gasteiger partial charge in [-0.25, -0.2) is 19.9 Å². The summed E-state index contributed by atoms with van der Waals surface area (Å²) in [6, 6.07) is 7.82. The molecule has 0 unspecified atom stereocenters. The van der Waals surface area contributed by atoms with Gasteiger partial charge in [0, 0.05) is 37.2 Å². The van der Waals surface area contributed by atoms with Crippen molar-refractivity contribution in [3.8, 4) is 17.3 Å². The lowest BCUT2D eigenvalue weighted by Gasteiger charge is -2.32. The van der Waals surface area contributed by atoms with Gasteiger partial charge in [0.2, 0.25) is 0 Å². The molecular formula is C23H23N7O3. The number of rotatable bonds is 5. The van der Waals surface area contributed by atoms with Crippen LogP contribution in [0.4, 0.5) is 17.3 Å². The number of hydrogen-bond donors (Lipinski definition) is 2. The Morgan fingerprint density at radius 1 is 1.18 bits per heavy atom. The van der Waals surface area contributed by atoms with Crippen molar-refractivity contribution in [2.75, 3.05) is 37.0 Å². The van der Waals surface area contributed by atoms with Crippen LogP contribution in [-0.2, 0) is 4.74 Å². The van der Waals surface area contributed by atoms with Gasteiger partial charge in [-0.05, 0) is 36.6 Å². The third-order valence-electron chi connectivity index (χ3n) is 5.44. The van der Waals surface area contributed by atoms with E-state index in [9.17, 15) is 4.79 Å². The van der Waals surface area contributed by atoms with Gasteiger partial charge in [-0.3, -0.25) is 4.79 Å². The summed E-state index contributed by atoms with van der Waals surface area (Å²) < 4.78 is 10.6. The maximum Gasteiger partial charge on any atom is 0.316 e. The Labute approximate surface area is 189 Å². The van der Waals surface area contributed by atoms with Crippen molar-refractivity contribution in [1.29, 1.82) is 0 Å². The molecule has 0 amide bonds. The number of ether oxygens (including phenoxy) is 2. The standard InChI is InChI=1S/C23H23N7O3/c1-14-13-30(7-8-33-14)19-4-3-17(12-25-19)28-21-20-15(5-6-24-22(20)31)9-18(29-21)16-10-26-23(32-2)27-11-16/h3-6,9-12,14H,7-8,13H2,1-2H3,(H,24,31)(H,28,29)/t14-/m1/s1. The van der Waals surface area contributed by atoms with Crippen LogP contribution >= 0.6 is 0 Å². The number of morpholine rings is 1. The Kier molecular flexibility index (Phi) is 5.57. The van der Waals surface area contributed by atoms with Gasteiger partial charge >= 0.3 is 6.01 Å². The molecule has 1 saturated heterocycles. The highest BCUT2D eigenvalue weighted by Gasteiger charge is 2.18. The van der Waals surface area contributed by atoms with Crippen molar-refractivity contribution in [3.05, 3.63) is 59.4 Å². The van der Waals surface area contributed by atoms with E-state index in [4.69, 9.17) is 14.5 Å². The fraction of sp³-hybridized carbons (Fsp3) is 0.261. The molecule has 10 heteroatoms. The number of nitrogens with zero attached hydrogens (tertiary/aromatic N) is 5. The first-order valence-electron chi connectivity index (χ1n) is 10.6. The smallest absolute Gasteiger partial charge is 0.316 e. The molecule has 0 aromatic carbocycles. The Hall–Kier alpha value is -4.05. The Morgan fingerprint density at radius 3 is 2.76 bits per heavy atom. The number of fused-ring (bicyclic) bond motifs is 1. The lowest BCUT2D eigenvalue weighted by Crippen LogP contribution is -2.41. The number of pyridine rings is 3. The summed E-state index contributed by atoms with van der Waals surface area (Å²) in [7, 11) is 1.51. The van der Waals surface area contributed by atoms with E-state index in [1.165, 1.54) is 7.11 Å². The van der Waals surface area contributed by atoms with Gasteiger partial charge in [0.05, 0.1) is 42.8 Å². The summed E-state index contributed by atoms with van der Waals surface area (Å²) in [6.45, 7) is 4.34. The van der Waals surface area contributed by atoms with Gasteiger partial charge in [0.1, 0.15) is 11.6 Å². The zero-order chi connectivity index (χ0) is 22.8. The number of aromatic amines is 1. The molecule has 4 aromatic rings. The molecule has 4 aromatic heterocycles. The molecule has 1 aliphatic rings. The Morgan fingerprint density at radius 2 is 2.03 bits per heavy atom. The number of H-pyrrole nitrogens is 1. The van der Waals surface area contributed by atoms with Crippen LogP contribution in [0.5, 0.6) is 6.01 Å². The molecule has 0 aliphatic carbocycles. The normalized spacial score (nSPS) is 16.1. The average Bonchev–Trinajstić information content (AvgIpc) is 2.84. The van der Waals surface area contributed by atoms with Crippen LogP contribution in [0, 0.1) is 0 Å². The summed E-state index contributed by atoms with van der Waals surface area (Å²) in [5.41, 5.74) is 1.83. The van der Waals surface area contributed by atoms with Gasteiger partial charge in [-0.1, -0.05) is 0 Å². The molecule has 0 saturated carbocycles. The van der Waals surface area contributed by atoms with Crippen LogP contribution < -0.4 is 20.5 Å². The molecule has 168 valence electrons. The predicted molar refractivity (Wildman–Crippen MR) is 125 cm³/mol. The van der Waals surface area contributed by atoms with Gasteiger partial charge < -0.3 is 24.7 Å². The minimum atomic E-state index is -0.230. The Balaban J connectivity index is 1.49. The van der Waals surface area contributed by atoms with Gasteiger partial charge in [0.25, 0.3) is 5.56 Å². The highest BCUT2D eigenvalue weighted by Crippen LogP contribution is 2.28. The van der Waals surface area contributed by atoms with Crippen molar-refractivity contribution in [2.45, 2.75) is 13.0 Å².